The highest BCUT2D eigenvalue weighted by atomic mass is 32.1. The monoisotopic (exact) mass is 429 g/mol. The average molecular weight is 429 g/mol. The van der Waals surface area contributed by atoms with E-state index in [-0.39, 0.29) is 10.7 Å². The second-order valence-corrected chi connectivity index (χ2v) is 6.93. The van der Waals surface area contributed by atoms with E-state index >= 15 is 0 Å². The Morgan fingerprint density at radius 2 is 1.77 bits per heavy atom. The van der Waals surface area contributed by atoms with Gasteiger partial charge in [0.15, 0.2) is 5.11 Å². The summed E-state index contributed by atoms with van der Waals surface area (Å²) in [6.07, 6.45) is 1.38. The molecule has 2 heterocycles. The second-order valence-electron chi connectivity index (χ2n) is 6.55. The zero-order chi connectivity index (χ0) is 22.0. The van der Waals surface area contributed by atoms with Gasteiger partial charge in [-0.3, -0.25) is 19.8 Å². The molecule has 4 rings (SSSR count). The third-order valence-corrected chi connectivity index (χ3v) is 4.93. The van der Waals surface area contributed by atoms with E-state index < -0.39 is 11.8 Å². The van der Waals surface area contributed by atoms with Gasteiger partial charge < -0.3 is 9.15 Å². The van der Waals surface area contributed by atoms with Crippen molar-refractivity contribution in [2.75, 3.05) is 12.0 Å². The molecule has 0 unspecified atom stereocenters. The van der Waals surface area contributed by atoms with E-state index in [0.29, 0.717) is 28.5 Å². The summed E-state index contributed by atoms with van der Waals surface area (Å²) in [5, 5.41) is 11.4. The first-order chi connectivity index (χ1) is 15.0. The van der Waals surface area contributed by atoms with Crippen LogP contribution in [0.3, 0.4) is 0 Å². The van der Waals surface area contributed by atoms with Gasteiger partial charge in [0.05, 0.1) is 24.4 Å². The lowest BCUT2D eigenvalue weighted by molar-refractivity contribution is -0.122. The third-order valence-electron chi connectivity index (χ3n) is 4.64. The predicted octanol–water partition coefficient (Wildman–Crippen LogP) is 3.66. The van der Waals surface area contributed by atoms with Crippen LogP contribution in [0.1, 0.15) is 11.3 Å². The fourth-order valence-electron chi connectivity index (χ4n) is 3.06. The number of rotatable bonds is 4. The van der Waals surface area contributed by atoms with Crippen molar-refractivity contribution in [1.82, 2.24) is 5.32 Å². The maximum absolute atomic E-state index is 13.1. The van der Waals surface area contributed by atoms with E-state index in [9.17, 15) is 9.59 Å². The Morgan fingerprint density at radius 3 is 2.42 bits per heavy atom. The number of methoxy groups -OCH3 is 1. The lowest BCUT2D eigenvalue weighted by Crippen LogP contribution is -2.54. The molecule has 0 bridgehead atoms. The van der Waals surface area contributed by atoms with Crippen LogP contribution in [0.2, 0.25) is 0 Å². The van der Waals surface area contributed by atoms with Gasteiger partial charge in [-0.25, -0.2) is 0 Å². The van der Waals surface area contributed by atoms with Crippen LogP contribution in [0, 0.1) is 11.3 Å². The van der Waals surface area contributed by atoms with Gasteiger partial charge in [-0.2, -0.15) is 5.26 Å². The number of carbonyl (C=O) groups is 2. The van der Waals surface area contributed by atoms with Gasteiger partial charge in [-0.05, 0) is 79.0 Å². The molecule has 2 aromatic carbocycles. The highest BCUT2D eigenvalue weighted by Gasteiger charge is 2.34. The molecular formula is C23H15N3O4S. The van der Waals surface area contributed by atoms with Crippen molar-refractivity contribution < 1.29 is 18.7 Å². The number of nitrogens with one attached hydrogen (secondary N) is 1. The van der Waals surface area contributed by atoms with Gasteiger partial charge in [-0.1, -0.05) is 0 Å². The van der Waals surface area contributed by atoms with Crippen LogP contribution in [0.5, 0.6) is 5.75 Å². The van der Waals surface area contributed by atoms with Gasteiger partial charge in [0.2, 0.25) is 0 Å². The lowest BCUT2D eigenvalue weighted by Gasteiger charge is -2.28. The molecule has 1 aromatic heterocycles. The van der Waals surface area contributed by atoms with E-state index in [0.717, 1.165) is 5.56 Å². The zero-order valence-electron chi connectivity index (χ0n) is 16.3. The predicted molar refractivity (Wildman–Crippen MR) is 118 cm³/mol. The fraction of sp³-hybridized carbons (Fsp3) is 0.0435. The van der Waals surface area contributed by atoms with Crippen molar-refractivity contribution in [2.24, 2.45) is 0 Å². The molecule has 0 saturated carbocycles. The number of benzene rings is 2. The molecule has 0 radical (unpaired) electrons. The van der Waals surface area contributed by atoms with Crippen molar-refractivity contribution in [2.45, 2.75) is 0 Å². The number of anilines is 1. The Morgan fingerprint density at radius 1 is 1.06 bits per heavy atom. The van der Waals surface area contributed by atoms with Crippen molar-refractivity contribution >= 4 is 40.9 Å². The normalized spacial score (nSPS) is 15.0. The largest absolute Gasteiger partial charge is 0.497 e. The summed E-state index contributed by atoms with van der Waals surface area (Å²) in [6.45, 7) is 0. The molecule has 2 amide bonds. The Labute approximate surface area is 183 Å². The van der Waals surface area contributed by atoms with E-state index in [1.807, 2.05) is 0 Å². The SMILES string of the molecule is COc1ccc(N2C(=O)/C(=C/c3ccc(-c4ccc(C#N)cc4)o3)C(=O)NC2=S)cc1. The molecular weight excluding hydrogens is 414 g/mol. The van der Waals surface area contributed by atoms with Crippen LogP contribution in [0.15, 0.2) is 70.7 Å². The molecule has 1 N–H and O–H groups in total. The zero-order valence-corrected chi connectivity index (χ0v) is 17.1. The maximum Gasteiger partial charge on any atom is 0.270 e. The average Bonchev–Trinajstić information content (AvgIpc) is 3.26. The van der Waals surface area contributed by atoms with Crippen LogP contribution in [0.4, 0.5) is 5.69 Å². The van der Waals surface area contributed by atoms with Gasteiger partial charge >= 0.3 is 0 Å². The number of hydrogen-bond acceptors (Lipinski definition) is 6. The summed E-state index contributed by atoms with van der Waals surface area (Å²) < 4.78 is 10.9. The van der Waals surface area contributed by atoms with Gasteiger partial charge in [0.1, 0.15) is 22.8 Å². The summed E-state index contributed by atoms with van der Waals surface area (Å²) in [6, 6.07) is 19.1. The third kappa shape index (κ3) is 3.95. The van der Waals surface area contributed by atoms with E-state index in [1.54, 1.807) is 67.8 Å². The minimum Gasteiger partial charge on any atom is -0.497 e. The molecule has 1 fully saturated rings. The summed E-state index contributed by atoms with van der Waals surface area (Å²) in [4.78, 5) is 26.7. The molecule has 7 nitrogen and oxygen atoms in total. The van der Waals surface area contributed by atoms with Crippen molar-refractivity contribution in [3.8, 4) is 23.1 Å². The molecule has 8 heteroatoms. The Kier molecular flexibility index (Phi) is 5.35. The lowest BCUT2D eigenvalue weighted by atomic mass is 10.1. The summed E-state index contributed by atoms with van der Waals surface area (Å²) in [7, 11) is 1.54. The molecule has 3 aromatic rings. The number of ether oxygens (including phenoxy) is 1. The number of nitriles is 1. The molecule has 1 saturated heterocycles. The van der Waals surface area contributed by atoms with Gasteiger partial charge in [-0.15, -0.1) is 0 Å². The second kappa shape index (κ2) is 8.26. The van der Waals surface area contributed by atoms with Crippen LogP contribution >= 0.6 is 12.2 Å². The van der Waals surface area contributed by atoms with E-state index in [4.69, 9.17) is 26.6 Å². The molecule has 0 atom stereocenters. The van der Waals surface area contributed by atoms with Gasteiger partial charge in [0, 0.05) is 5.56 Å². The minimum absolute atomic E-state index is 0.00460. The minimum atomic E-state index is -0.601. The first-order valence-corrected chi connectivity index (χ1v) is 9.57. The first-order valence-electron chi connectivity index (χ1n) is 9.16. The Balaban J connectivity index is 1.64. The number of furan rings is 1. The summed E-state index contributed by atoms with van der Waals surface area (Å²) >= 11 is 5.20. The topological polar surface area (TPSA) is 95.6 Å². The molecule has 1 aliphatic heterocycles. The van der Waals surface area contributed by atoms with Crippen molar-refractivity contribution in [3.05, 3.63) is 77.6 Å². The quantitative estimate of drug-likeness (QED) is 0.386. The number of thiocarbonyl (C=S) groups is 1. The molecule has 0 aliphatic carbocycles. The fourth-order valence-corrected chi connectivity index (χ4v) is 3.34. The van der Waals surface area contributed by atoms with E-state index in [1.165, 1.54) is 11.0 Å². The first kappa shape index (κ1) is 20.1. The van der Waals surface area contributed by atoms with Crippen molar-refractivity contribution in [3.63, 3.8) is 0 Å². The highest BCUT2D eigenvalue weighted by Crippen LogP contribution is 2.27. The van der Waals surface area contributed by atoms with Crippen LogP contribution < -0.4 is 15.0 Å². The standard InChI is InChI=1S/C23H15N3O4S/c1-29-17-8-6-16(7-9-17)26-22(28)19(21(27)25-23(26)31)12-18-10-11-20(30-18)15-4-2-14(13-24)3-5-15/h2-12H,1H3,(H,25,27,31)/b19-12+. The van der Waals surface area contributed by atoms with Crippen LogP contribution in [0.25, 0.3) is 17.4 Å². The van der Waals surface area contributed by atoms with Crippen LogP contribution in [-0.2, 0) is 9.59 Å². The number of carbonyl (C=O) groups excluding carboxylic acids is 2. The van der Waals surface area contributed by atoms with E-state index in [2.05, 4.69) is 11.4 Å². The molecule has 0 spiro atoms. The Bertz CT molecular complexity index is 1250. The molecule has 1 aliphatic rings. The number of amides is 2. The number of hydrogen-bond donors (Lipinski definition) is 1. The number of nitrogens with zero attached hydrogens (tertiary/aromatic N) is 2. The smallest absolute Gasteiger partial charge is 0.270 e. The Hall–Kier alpha value is -4.22. The molecule has 152 valence electrons. The van der Waals surface area contributed by atoms with Gasteiger partial charge in [0.25, 0.3) is 11.8 Å². The highest BCUT2D eigenvalue weighted by molar-refractivity contribution is 7.80. The van der Waals surface area contributed by atoms with Crippen molar-refractivity contribution in [1.29, 1.82) is 5.26 Å². The van der Waals surface area contributed by atoms with Crippen LogP contribution in [-0.4, -0.2) is 24.0 Å². The summed E-state index contributed by atoms with van der Waals surface area (Å²) in [5.74, 6) is 0.346. The maximum atomic E-state index is 13.1. The molecule has 31 heavy (non-hydrogen) atoms. The summed E-state index contributed by atoms with van der Waals surface area (Å²) in [5.41, 5.74) is 1.70.